The molecule has 3 nitrogen and oxygen atoms in total. The number of nitrogens with zero attached hydrogens (tertiary/aromatic N) is 1. The van der Waals surface area contributed by atoms with Gasteiger partial charge in [0.1, 0.15) is 0 Å². The van der Waals surface area contributed by atoms with Gasteiger partial charge >= 0.3 is 6.18 Å². The predicted octanol–water partition coefficient (Wildman–Crippen LogP) is 2.34. The molecule has 0 bridgehead atoms. The molecule has 0 aliphatic carbocycles. The molecule has 0 aliphatic heterocycles. The number of nitrogens with one attached hydrogen (secondary N) is 1. The maximum atomic E-state index is 12.3. The van der Waals surface area contributed by atoms with Crippen LogP contribution in [0.3, 0.4) is 0 Å². The molecule has 0 saturated carbocycles. The van der Waals surface area contributed by atoms with E-state index < -0.39 is 12.1 Å². The largest absolute Gasteiger partial charge is 0.405 e. The monoisotopic (exact) mass is 252 g/mol. The molecule has 0 rings (SSSR count). The van der Waals surface area contributed by atoms with Gasteiger partial charge in [0.15, 0.2) is 5.92 Å². The summed E-state index contributed by atoms with van der Waals surface area (Å²) in [6.07, 6.45) is -3.71. The summed E-state index contributed by atoms with van der Waals surface area (Å²) in [5.41, 5.74) is -0.151. The Balaban J connectivity index is 4.01. The first-order chi connectivity index (χ1) is 7.73. The van der Waals surface area contributed by atoms with Crippen LogP contribution in [0.5, 0.6) is 0 Å². The van der Waals surface area contributed by atoms with Gasteiger partial charge in [0.25, 0.3) is 0 Å². The molecular formula is C11H19F3N2O. The summed E-state index contributed by atoms with van der Waals surface area (Å²) < 4.78 is 41.7. The third-order valence-corrected chi connectivity index (χ3v) is 2.49. The molecule has 0 spiro atoms. The van der Waals surface area contributed by atoms with E-state index in [1.54, 1.807) is 7.11 Å². The number of nitriles is 1. The number of hydrogen-bond acceptors (Lipinski definition) is 3. The Kier molecular flexibility index (Phi) is 6.50. The number of halogens is 3. The lowest BCUT2D eigenvalue weighted by Gasteiger charge is -2.25. The molecule has 0 aliphatic rings. The zero-order valence-corrected chi connectivity index (χ0v) is 10.4. The van der Waals surface area contributed by atoms with Gasteiger partial charge in [-0.1, -0.05) is 13.8 Å². The van der Waals surface area contributed by atoms with Crippen LogP contribution in [-0.2, 0) is 4.74 Å². The van der Waals surface area contributed by atoms with Gasteiger partial charge in [0, 0.05) is 26.8 Å². The average Bonchev–Trinajstić information content (AvgIpc) is 2.20. The van der Waals surface area contributed by atoms with Crippen molar-refractivity contribution in [3.05, 3.63) is 0 Å². The number of methoxy groups -OCH3 is 1. The van der Waals surface area contributed by atoms with Crippen LogP contribution in [-0.4, -0.2) is 33.0 Å². The normalized spacial score (nSPS) is 14.4. The molecule has 0 aromatic carbocycles. The Bertz CT molecular complexity index is 258. The van der Waals surface area contributed by atoms with Crippen LogP contribution in [0.4, 0.5) is 13.2 Å². The van der Waals surface area contributed by atoms with Crippen molar-refractivity contribution in [3.63, 3.8) is 0 Å². The molecule has 0 saturated heterocycles. The van der Waals surface area contributed by atoms with Gasteiger partial charge in [0.2, 0.25) is 0 Å². The van der Waals surface area contributed by atoms with E-state index in [-0.39, 0.29) is 12.0 Å². The third-order valence-electron chi connectivity index (χ3n) is 2.49. The summed E-state index contributed by atoms with van der Waals surface area (Å²) in [5, 5.41) is 11.1. The fourth-order valence-electron chi connectivity index (χ4n) is 1.26. The highest BCUT2D eigenvalue weighted by molar-refractivity contribution is 4.90. The molecule has 0 aromatic rings. The van der Waals surface area contributed by atoms with Crippen LogP contribution in [0, 0.1) is 22.7 Å². The molecule has 0 heterocycles. The molecule has 0 radical (unpaired) electrons. The Labute approximate surface area is 99.9 Å². The lowest BCUT2D eigenvalue weighted by molar-refractivity contribution is -0.157. The summed E-state index contributed by atoms with van der Waals surface area (Å²) >= 11 is 0. The Morgan fingerprint density at radius 1 is 1.35 bits per heavy atom. The maximum absolute atomic E-state index is 12.3. The summed E-state index contributed by atoms with van der Waals surface area (Å²) in [7, 11) is 1.58. The lowest BCUT2D eigenvalue weighted by Crippen LogP contribution is -2.37. The second-order valence-corrected chi connectivity index (χ2v) is 4.76. The van der Waals surface area contributed by atoms with Gasteiger partial charge in [-0.15, -0.1) is 0 Å². The molecule has 17 heavy (non-hydrogen) atoms. The molecule has 1 unspecified atom stereocenters. The minimum atomic E-state index is -4.46. The molecule has 100 valence electrons. The van der Waals surface area contributed by atoms with Gasteiger partial charge in [-0.3, -0.25) is 0 Å². The standard InChI is InChI=1S/C11H19F3N2O/c1-10(2,4-5-17-3)8-16-7-9(6-15)11(12,13)14/h9,16H,4-5,7-8H2,1-3H3. The minimum Gasteiger partial charge on any atom is -0.385 e. The average molecular weight is 252 g/mol. The maximum Gasteiger partial charge on any atom is 0.405 e. The van der Waals surface area contributed by atoms with Crippen molar-refractivity contribution < 1.29 is 17.9 Å². The van der Waals surface area contributed by atoms with Crippen LogP contribution in [0.2, 0.25) is 0 Å². The van der Waals surface area contributed by atoms with Gasteiger partial charge < -0.3 is 10.1 Å². The molecular weight excluding hydrogens is 233 g/mol. The smallest absolute Gasteiger partial charge is 0.385 e. The topological polar surface area (TPSA) is 45.0 Å². The highest BCUT2D eigenvalue weighted by Crippen LogP contribution is 2.25. The van der Waals surface area contributed by atoms with Crippen LogP contribution in [0.1, 0.15) is 20.3 Å². The fourth-order valence-corrected chi connectivity index (χ4v) is 1.26. The zero-order chi connectivity index (χ0) is 13.5. The quantitative estimate of drug-likeness (QED) is 0.756. The second kappa shape index (κ2) is 6.82. The molecule has 6 heteroatoms. The zero-order valence-electron chi connectivity index (χ0n) is 10.4. The van der Waals surface area contributed by atoms with E-state index in [0.29, 0.717) is 13.2 Å². The molecule has 1 atom stereocenters. The third kappa shape index (κ3) is 7.18. The fraction of sp³-hybridized carbons (Fsp3) is 0.909. The van der Waals surface area contributed by atoms with Gasteiger partial charge in [0.05, 0.1) is 6.07 Å². The Morgan fingerprint density at radius 2 is 1.94 bits per heavy atom. The van der Waals surface area contributed by atoms with E-state index >= 15 is 0 Å². The van der Waals surface area contributed by atoms with Crippen LogP contribution >= 0.6 is 0 Å². The van der Waals surface area contributed by atoms with Crippen molar-refractivity contribution in [2.75, 3.05) is 26.8 Å². The first-order valence-corrected chi connectivity index (χ1v) is 5.39. The second-order valence-electron chi connectivity index (χ2n) is 4.76. The lowest BCUT2D eigenvalue weighted by atomic mass is 9.89. The summed E-state index contributed by atoms with van der Waals surface area (Å²) in [6.45, 7) is 4.50. The van der Waals surface area contributed by atoms with Crippen LogP contribution in [0.25, 0.3) is 0 Å². The van der Waals surface area contributed by atoms with Crippen molar-refractivity contribution in [1.29, 1.82) is 5.26 Å². The van der Waals surface area contributed by atoms with Crippen molar-refractivity contribution in [1.82, 2.24) is 5.32 Å². The van der Waals surface area contributed by atoms with Gasteiger partial charge in [-0.05, 0) is 11.8 Å². The van der Waals surface area contributed by atoms with Crippen molar-refractivity contribution in [2.24, 2.45) is 11.3 Å². The van der Waals surface area contributed by atoms with Gasteiger partial charge in [-0.25, -0.2) is 0 Å². The van der Waals surface area contributed by atoms with Crippen molar-refractivity contribution in [3.8, 4) is 6.07 Å². The predicted molar refractivity (Wildman–Crippen MR) is 58.3 cm³/mol. The number of rotatable bonds is 7. The van der Waals surface area contributed by atoms with E-state index in [4.69, 9.17) is 10.00 Å². The number of alkyl halides is 3. The van der Waals surface area contributed by atoms with Crippen molar-refractivity contribution in [2.45, 2.75) is 26.4 Å². The van der Waals surface area contributed by atoms with Crippen molar-refractivity contribution >= 4 is 0 Å². The first-order valence-electron chi connectivity index (χ1n) is 5.39. The van der Waals surface area contributed by atoms with Crippen LogP contribution < -0.4 is 5.32 Å². The van der Waals surface area contributed by atoms with E-state index in [9.17, 15) is 13.2 Å². The van der Waals surface area contributed by atoms with E-state index in [1.807, 2.05) is 13.8 Å². The van der Waals surface area contributed by atoms with E-state index in [1.165, 1.54) is 6.07 Å². The number of hydrogen-bond donors (Lipinski definition) is 1. The summed E-state index contributed by atoms with van der Waals surface area (Å²) in [4.78, 5) is 0. The first kappa shape index (κ1) is 16.2. The minimum absolute atomic E-state index is 0.151. The Hall–Kier alpha value is -0.800. The summed E-state index contributed by atoms with van der Waals surface area (Å²) in [6, 6.07) is 1.26. The summed E-state index contributed by atoms with van der Waals surface area (Å²) in [5.74, 6) is -1.94. The Morgan fingerprint density at radius 3 is 2.35 bits per heavy atom. The molecule has 0 fully saturated rings. The van der Waals surface area contributed by atoms with Gasteiger partial charge in [-0.2, -0.15) is 18.4 Å². The number of ether oxygens (including phenoxy) is 1. The SMILES string of the molecule is COCCC(C)(C)CNCC(C#N)C(F)(F)F. The highest BCUT2D eigenvalue weighted by Gasteiger charge is 2.39. The molecule has 0 amide bonds. The van der Waals surface area contributed by atoms with E-state index in [0.717, 1.165) is 6.42 Å². The van der Waals surface area contributed by atoms with Crippen LogP contribution in [0.15, 0.2) is 0 Å². The molecule has 0 aromatic heterocycles. The highest BCUT2D eigenvalue weighted by atomic mass is 19.4. The van der Waals surface area contributed by atoms with E-state index in [2.05, 4.69) is 5.32 Å². The molecule has 1 N–H and O–H groups in total.